The number of benzene rings is 1. The number of carbonyl (C=O) groups excluding carboxylic acids is 1. The summed E-state index contributed by atoms with van der Waals surface area (Å²) in [6, 6.07) is 9.44. The van der Waals surface area contributed by atoms with Gasteiger partial charge in [0.25, 0.3) is 5.91 Å². The van der Waals surface area contributed by atoms with E-state index in [9.17, 15) is 4.79 Å². The van der Waals surface area contributed by atoms with Crippen LogP contribution in [0.15, 0.2) is 30.3 Å². The molecule has 1 aliphatic rings. The van der Waals surface area contributed by atoms with Crippen LogP contribution in [0.4, 0.5) is 11.6 Å². The summed E-state index contributed by atoms with van der Waals surface area (Å²) in [5.41, 5.74) is 2.70. The molecule has 1 amide bonds. The highest BCUT2D eigenvalue weighted by Gasteiger charge is 2.14. The molecule has 0 unspecified atom stereocenters. The zero-order valence-corrected chi connectivity index (χ0v) is 15.5. The molecule has 0 aliphatic carbocycles. The topological polar surface area (TPSA) is 67.3 Å². The average Bonchev–Trinajstić information content (AvgIpc) is 2.89. The quantitative estimate of drug-likeness (QED) is 0.890. The SMILES string of the molecule is Cc1cccc(NC(=O)COc2cc(C)nc(N3CCCCCC3)n2)c1. The second kappa shape index (κ2) is 8.65. The molecular weight excluding hydrogens is 328 g/mol. The normalized spacial score (nSPS) is 14.6. The Kier molecular flexibility index (Phi) is 6.04. The molecule has 0 spiro atoms. The molecule has 1 saturated heterocycles. The Morgan fingerprint density at radius 1 is 1.12 bits per heavy atom. The van der Waals surface area contributed by atoms with Gasteiger partial charge in [-0.15, -0.1) is 0 Å². The maximum atomic E-state index is 12.1. The van der Waals surface area contributed by atoms with E-state index in [-0.39, 0.29) is 12.5 Å². The highest BCUT2D eigenvalue weighted by Crippen LogP contribution is 2.19. The van der Waals surface area contributed by atoms with Crippen molar-refractivity contribution in [1.82, 2.24) is 9.97 Å². The van der Waals surface area contributed by atoms with Crippen LogP contribution in [0.25, 0.3) is 0 Å². The van der Waals surface area contributed by atoms with Crippen molar-refractivity contribution in [2.75, 3.05) is 29.9 Å². The third-order valence-electron chi connectivity index (χ3n) is 4.36. The molecule has 1 N–H and O–H groups in total. The highest BCUT2D eigenvalue weighted by atomic mass is 16.5. The van der Waals surface area contributed by atoms with Crippen LogP contribution in [0.5, 0.6) is 5.88 Å². The summed E-state index contributed by atoms with van der Waals surface area (Å²) in [5, 5.41) is 2.84. The Balaban J connectivity index is 1.61. The second-order valence-corrected chi connectivity index (χ2v) is 6.76. The van der Waals surface area contributed by atoms with E-state index < -0.39 is 0 Å². The smallest absolute Gasteiger partial charge is 0.262 e. The molecule has 3 rings (SSSR count). The summed E-state index contributed by atoms with van der Waals surface area (Å²) in [5.74, 6) is 0.931. The minimum atomic E-state index is -0.205. The Hall–Kier alpha value is -2.63. The zero-order chi connectivity index (χ0) is 18.4. The zero-order valence-electron chi connectivity index (χ0n) is 15.5. The van der Waals surface area contributed by atoms with Crippen molar-refractivity contribution >= 4 is 17.5 Å². The predicted octanol–water partition coefficient (Wildman–Crippen LogP) is 3.49. The van der Waals surface area contributed by atoms with Gasteiger partial charge in [-0.1, -0.05) is 25.0 Å². The van der Waals surface area contributed by atoms with Crippen molar-refractivity contribution in [1.29, 1.82) is 0 Å². The van der Waals surface area contributed by atoms with Gasteiger partial charge < -0.3 is 15.0 Å². The summed E-state index contributed by atoms with van der Waals surface area (Å²) >= 11 is 0. The van der Waals surface area contributed by atoms with Crippen molar-refractivity contribution < 1.29 is 9.53 Å². The van der Waals surface area contributed by atoms with Crippen LogP contribution >= 0.6 is 0 Å². The van der Waals surface area contributed by atoms with E-state index in [1.54, 1.807) is 6.07 Å². The van der Waals surface area contributed by atoms with E-state index in [0.717, 1.165) is 42.9 Å². The van der Waals surface area contributed by atoms with Gasteiger partial charge in [-0.25, -0.2) is 4.98 Å². The average molecular weight is 354 g/mol. The van der Waals surface area contributed by atoms with E-state index >= 15 is 0 Å². The number of amides is 1. The van der Waals surface area contributed by atoms with Gasteiger partial charge in [0.05, 0.1) is 0 Å². The van der Waals surface area contributed by atoms with E-state index in [2.05, 4.69) is 20.2 Å². The van der Waals surface area contributed by atoms with Gasteiger partial charge in [0.2, 0.25) is 11.8 Å². The van der Waals surface area contributed by atoms with Gasteiger partial charge in [-0.2, -0.15) is 4.98 Å². The number of nitrogens with one attached hydrogen (secondary N) is 1. The molecule has 0 atom stereocenters. The van der Waals surface area contributed by atoms with Crippen molar-refractivity contribution in [3.63, 3.8) is 0 Å². The lowest BCUT2D eigenvalue weighted by Crippen LogP contribution is -2.26. The van der Waals surface area contributed by atoms with Crippen LogP contribution in [-0.2, 0) is 4.79 Å². The van der Waals surface area contributed by atoms with Crippen LogP contribution < -0.4 is 15.0 Å². The van der Waals surface area contributed by atoms with Gasteiger partial charge in [0.15, 0.2) is 6.61 Å². The van der Waals surface area contributed by atoms with Gasteiger partial charge >= 0.3 is 0 Å². The molecule has 0 saturated carbocycles. The summed E-state index contributed by atoms with van der Waals surface area (Å²) < 4.78 is 5.62. The number of aryl methyl sites for hydroxylation is 2. The fraction of sp³-hybridized carbons (Fsp3) is 0.450. The van der Waals surface area contributed by atoms with Gasteiger partial charge in [0.1, 0.15) is 0 Å². The van der Waals surface area contributed by atoms with Gasteiger partial charge in [0, 0.05) is 30.5 Å². The van der Waals surface area contributed by atoms with Crippen LogP contribution in [0, 0.1) is 13.8 Å². The molecule has 2 aromatic rings. The van der Waals surface area contributed by atoms with Crippen molar-refractivity contribution in [2.24, 2.45) is 0 Å². The van der Waals surface area contributed by atoms with E-state index in [0.29, 0.717) is 11.8 Å². The Morgan fingerprint density at radius 2 is 1.88 bits per heavy atom. The number of hydrogen-bond acceptors (Lipinski definition) is 5. The molecule has 138 valence electrons. The molecule has 26 heavy (non-hydrogen) atoms. The van der Waals surface area contributed by atoms with Crippen molar-refractivity contribution in [2.45, 2.75) is 39.5 Å². The van der Waals surface area contributed by atoms with E-state index in [4.69, 9.17) is 4.74 Å². The predicted molar refractivity (Wildman–Crippen MR) is 103 cm³/mol. The minimum Gasteiger partial charge on any atom is -0.467 e. The number of hydrogen-bond donors (Lipinski definition) is 1. The van der Waals surface area contributed by atoms with Crippen LogP contribution in [-0.4, -0.2) is 35.6 Å². The first-order chi connectivity index (χ1) is 12.6. The van der Waals surface area contributed by atoms with Crippen molar-refractivity contribution in [3.8, 4) is 5.88 Å². The summed E-state index contributed by atoms with van der Waals surface area (Å²) in [6.45, 7) is 5.76. The third kappa shape index (κ3) is 5.18. The maximum Gasteiger partial charge on any atom is 0.262 e. The number of ether oxygens (including phenoxy) is 1. The Bertz CT molecular complexity index is 755. The monoisotopic (exact) mass is 354 g/mol. The summed E-state index contributed by atoms with van der Waals surface area (Å²) in [4.78, 5) is 23.4. The lowest BCUT2D eigenvalue weighted by atomic mass is 10.2. The van der Waals surface area contributed by atoms with Crippen LogP contribution in [0.3, 0.4) is 0 Å². The van der Waals surface area contributed by atoms with E-state index in [1.165, 1.54) is 12.8 Å². The van der Waals surface area contributed by atoms with E-state index in [1.807, 2.05) is 38.1 Å². The van der Waals surface area contributed by atoms with Gasteiger partial charge in [-0.05, 0) is 44.4 Å². The number of nitrogens with zero attached hydrogens (tertiary/aromatic N) is 3. The molecule has 1 aromatic heterocycles. The largest absolute Gasteiger partial charge is 0.467 e. The lowest BCUT2D eigenvalue weighted by Gasteiger charge is -2.21. The number of rotatable bonds is 5. The minimum absolute atomic E-state index is 0.0795. The summed E-state index contributed by atoms with van der Waals surface area (Å²) in [6.07, 6.45) is 4.83. The molecule has 2 heterocycles. The van der Waals surface area contributed by atoms with Crippen LogP contribution in [0.1, 0.15) is 36.9 Å². The molecular formula is C20H26N4O2. The molecule has 0 radical (unpaired) electrons. The first kappa shape index (κ1) is 18.2. The lowest BCUT2D eigenvalue weighted by molar-refractivity contribution is -0.118. The maximum absolute atomic E-state index is 12.1. The third-order valence-corrected chi connectivity index (χ3v) is 4.36. The number of anilines is 2. The first-order valence-electron chi connectivity index (χ1n) is 9.20. The molecule has 0 bridgehead atoms. The molecule has 1 aromatic carbocycles. The Morgan fingerprint density at radius 3 is 2.62 bits per heavy atom. The van der Waals surface area contributed by atoms with Crippen molar-refractivity contribution in [3.05, 3.63) is 41.6 Å². The first-order valence-corrected chi connectivity index (χ1v) is 9.20. The standard InChI is InChI=1S/C20H26N4O2/c1-15-8-7-9-17(12-15)22-18(25)14-26-19-13-16(2)21-20(23-19)24-10-5-3-4-6-11-24/h7-9,12-13H,3-6,10-11,14H2,1-2H3,(H,22,25). The Labute approximate surface area is 154 Å². The molecule has 1 fully saturated rings. The molecule has 6 heteroatoms. The second-order valence-electron chi connectivity index (χ2n) is 6.76. The number of carbonyl (C=O) groups is 1. The molecule has 1 aliphatic heterocycles. The number of aromatic nitrogens is 2. The molecule has 6 nitrogen and oxygen atoms in total. The fourth-order valence-electron chi connectivity index (χ4n) is 3.07. The summed E-state index contributed by atoms with van der Waals surface area (Å²) in [7, 11) is 0. The van der Waals surface area contributed by atoms with Gasteiger partial charge in [-0.3, -0.25) is 4.79 Å². The fourth-order valence-corrected chi connectivity index (χ4v) is 3.07. The highest BCUT2D eigenvalue weighted by molar-refractivity contribution is 5.91. The van der Waals surface area contributed by atoms with Crippen LogP contribution in [0.2, 0.25) is 0 Å².